The molecule has 1 aliphatic heterocycles. The lowest BCUT2D eigenvalue weighted by atomic mass is 9.88. The average molecular weight is 284 g/mol. The molecule has 0 aromatic heterocycles. The van der Waals surface area contributed by atoms with Gasteiger partial charge in [0.2, 0.25) is 0 Å². The average Bonchev–Trinajstić information content (AvgIpc) is 2.92. The number of hydrogen-bond acceptors (Lipinski definition) is 4. The van der Waals surface area contributed by atoms with E-state index in [4.69, 9.17) is 9.47 Å². The van der Waals surface area contributed by atoms with Crippen molar-refractivity contribution in [2.45, 2.75) is 12.0 Å². The first-order chi connectivity index (χ1) is 10.2. The molecule has 0 spiro atoms. The SMILES string of the molecule is COC(=O)c1ccc2c(c1)C(c1ccccc1)C(CO)O2. The summed E-state index contributed by atoms with van der Waals surface area (Å²) >= 11 is 0. The molecule has 1 aliphatic rings. The Morgan fingerprint density at radius 2 is 2.00 bits per heavy atom. The van der Waals surface area contributed by atoms with Gasteiger partial charge in [-0.25, -0.2) is 4.79 Å². The lowest BCUT2D eigenvalue weighted by Gasteiger charge is -2.17. The third kappa shape index (κ3) is 2.38. The Balaban J connectivity index is 2.07. The van der Waals surface area contributed by atoms with E-state index in [1.165, 1.54) is 7.11 Å². The van der Waals surface area contributed by atoms with Crippen LogP contribution in [0.4, 0.5) is 0 Å². The maximum absolute atomic E-state index is 11.7. The van der Waals surface area contributed by atoms with Gasteiger partial charge >= 0.3 is 5.97 Å². The minimum atomic E-state index is -0.378. The molecule has 0 saturated carbocycles. The van der Waals surface area contributed by atoms with Crippen molar-refractivity contribution in [1.29, 1.82) is 0 Å². The van der Waals surface area contributed by atoms with Crippen LogP contribution in [-0.4, -0.2) is 30.9 Å². The van der Waals surface area contributed by atoms with Gasteiger partial charge in [-0.05, 0) is 23.8 Å². The number of hydrogen-bond donors (Lipinski definition) is 1. The molecule has 0 radical (unpaired) electrons. The van der Waals surface area contributed by atoms with Gasteiger partial charge in [0, 0.05) is 5.56 Å². The van der Waals surface area contributed by atoms with Crippen LogP contribution in [0, 0.1) is 0 Å². The van der Waals surface area contributed by atoms with Crippen molar-refractivity contribution in [3.63, 3.8) is 0 Å². The number of rotatable bonds is 3. The van der Waals surface area contributed by atoms with Crippen LogP contribution in [0.1, 0.15) is 27.4 Å². The lowest BCUT2D eigenvalue weighted by Crippen LogP contribution is -2.23. The predicted octanol–water partition coefficient (Wildman–Crippen LogP) is 2.36. The van der Waals surface area contributed by atoms with Crippen LogP contribution in [0.25, 0.3) is 0 Å². The monoisotopic (exact) mass is 284 g/mol. The van der Waals surface area contributed by atoms with Crippen molar-refractivity contribution < 1.29 is 19.4 Å². The Bertz CT molecular complexity index is 651. The second-order valence-corrected chi connectivity index (χ2v) is 4.97. The molecule has 1 heterocycles. The van der Waals surface area contributed by atoms with Crippen LogP contribution in [0.2, 0.25) is 0 Å². The molecule has 0 saturated heterocycles. The third-order valence-electron chi connectivity index (χ3n) is 3.75. The fourth-order valence-corrected chi connectivity index (χ4v) is 2.77. The Hall–Kier alpha value is -2.33. The Kier molecular flexibility index (Phi) is 3.62. The number of benzene rings is 2. The molecule has 0 bridgehead atoms. The summed E-state index contributed by atoms with van der Waals surface area (Å²) in [6.45, 7) is -0.0815. The van der Waals surface area contributed by atoms with E-state index in [0.29, 0.717) is 11.3 Å². The van der Waals surface area contributed by atoms with E-state index in [1.807, 2.05) is 30.3 Å². The largest absolute Gasteiger partial charge is 0.487 e. The van der Waals surface area contributed by atoms with E-state index in [-0.39, 0.29) is 24.6 Å². The summed E-state index contributed by atoms with van der Waals surface area (Å²) in [6.07, 6.45) is -0.338. The van der Waals surface area contributed by atoms with E-state index in [1.54, 1.807) is 18.2 Å². The molecule has 4 heteroatoms. The first-order valence-corrected chi connectivity index (χ1v) is 6.79. The van der Waals surface area contributed by atoms with Gasteiger partial charge in [0.15, 0.2) is 0 Å². The van der Waals surface area contributed by atoms with Crippen LogP contribution in [0.3, 0.4) is 0 Å². The summed E-state index contributed by atoms with van der Waals surface area (Å²) < 4.78 is 10.6. The summed E-state index contributed by atoms with van der Waals surface area (Å²) in [4.78, 5) is 11.7. The highest BCUT2D eigenvalue weighted by atomic mass is 16.5. The molecule has 0 fully saturated rings. The quantitative estimate of drug-likeness (QED) is 0.879. The number of aliphatic hydroxyl groups is 1. The van der Waals surface area contributed by atoms with Gasteiger partial charge in [0.25, 0.3) is 0 Å². The second kappa shape index (κ2) is 5.58. The fraction of sp³-hybridized carbons (Fsp3) is 0.235. The number of esters is 1. The minimum Gasteiger partial charge on any atom is -0.487 e. The molecule has 0 amide bonds. The van der Waals surface area contributed by atoms with Crippen molar-refractivity contribution in [1.82, 2.24) is 0 Å². The van der Waals surface area contributed by atoms with Crippen LogP contribution < -0.4 is 4.74 Å². The topological polar surface area (TPSA) is 55.8 Å². The lowest BCUT2D eigenvalue weighted by molar-refractivity contribution is 0.0600. The molecule has 0 aliphatic carbocycles. The van der Waals surface area contributed by atoms with Crippen molar-refractivity contribution in [3.05, 3.63) is 65.2 Å². The second-order valence-electron chi connectivity index (χ2n) is 4.97. The van der Waals surface area contributed by atoms with Gasteiger partial charge in [-0.15, -0.1) is 0 Å². The molecular formula is C17H16O4. The molecule has 108 valence electrons. The summed E-state index contributed by atoms with van der Waals surface area (Å²) in [5.41, 5.74) is 2.44. The molecule has 4 nitrogen and oxygen atoms in total. The first-order valence-electron chi connectivity index (χ1n) is 6.79. The molecule has 2 aromatic carbocycles. The number of methoxy groups -OCH3 is 1. The van der Waals surface area contributed by atoms with Gasteiger partial charge in [0.1, 0.15) is 11.9 Å². The fourth-order valence-electron chi connectivity index (χ4n) is 2.77. The van der Waals surface area contributed by atoms with Crippen molar-refractivity contribution in [3.8, 4) is 5.75 Å². The van der Waals surface area contributed by atoms with Crippen LogP contribution in [0.5, 0.6) is 5.75 Å². The van der Waals surface area contributed by atoms with Crippen LogP contribution in [-0.2, 0) is 4.74 Å². The summed E-state index contributed by atoms with van der Waals surface area (Å²) in [5, 5.41) is 9.58. The predicted molar refractivity (Wildman–Crippen MR) is 77.6 cm³/mol. The third-order valence-corrected chi connectivity index (χ3v) is 3.75. The maximum Gasteiger partial charge on any atom is 0.337 e. The van der Waals surface area contributed by atoms with Gasteiger partial charge in [0.05, 0.1) is 25.2 Å². The zero-order chi connectivity index (χ0) is 14.8. The smallest absolute Gasteiger partial charge is 0.337 e. The molecule has 2 aromatic rings. The number of carbonyl (C=O) groups is 1. The normalized spacial score (nSPS) is 19.7. The first kappa shape index (κ1) is 13.6. The standard InChI is InChI=1S/C17H16O4/c1-20-17(19)12-7-8-14-13(9-12)16(15(10-18)21-14)11-5-3-2-4-6-11/h2-9,15-16,18H,10H2,1H3. The Labute approximate surface area is 122 Å². The van der Waals surface area contributed by atoms with Crippen molar-refractivity contribution in [2.24, 2.45) is 0 Å². The van der Waals surface area contributed by atoms with Gasteiger partial charge in [-0.1, -0.05) is 30.3 Å². The zero-order valence-electron chi connectivity index (χ0n) is 11.7. The van der Waals surface area contributed by atoms with Gasteiger partial charge in [-0.3, -0.25) is 0 Å². The number of aliphatic hydroxyl groups excluding tert-OH is 1. The van der Waals surface area contributed by atoms with Crippen molar-refractivity contribution >= 4 is 5.97 Å². The number of fused-ring (bicyclic) bond motifs is 1. The molecule has 2 unspecified atom stereocenters. The molecule has 3 rings (SSSR count). The highest BCUT2D eigenvalue weighted by Gasteiger charge is 2.35. The summed E-state index contributed by atoms with van der Waals surface area (Å²) in [7, 11) is 1.36. The summed E-state index contributed by atoms with van der Waals surface area (Å²) in [5.74, 6) is 0.239. The molecule has 21 heavy (non-hydrogen) atoms. The number of carbonyl (C=O) groups excluding carboxylic acids is 1. The molecule has 2 atom stereocenters. The van der Waals surface area contributed by atoms with Gasteiger partial charge in [-0.2, -0.15) is 0 Å². The maximum atomic E-state index is 11.7. The number of ether oxygens (including phenoxy) is 2. The van der Waals surface area contributed by atoms with E-state index in [0.717, 1.165) is 11.1 Å². The molecule has 1 N–H and O–H groups in total. The van der Waals surface area contributed by atoms with E-state index in [2.05, 4.69) is 0 Å². The molecular weight excluding hydrogens is 268 g/mol. The van der Waals surface area contributed by atoms with Crippen molar-refractivity contribution in [2.75, 3.05) is 13.7 Å². The zero-order valence-corrected chi connectivity index (χ0v) is 11.7. The highest BCUT2D eigenvalue weighted by Crippen LogP contribution is 2.42. The van der Waals surface area contributed by atoms with E-state index >= 15 is 0 Å². The Morgan fingerprint density at radius 1 is 1.24 bits per heavy atom. The Morgan fingerprint density at radius 3 is 2.67 bits per heavy atom. The van der Waals surface area contributed by atoms with Gasteiger partial charge < -0.3 is 14.6 Å². The van der Waals surface area contributed by atoms with Crippen LogP contribution >= 0.6 is 0 Å². The highest BCUT2D eigenvalue weighted by molar-refractivity contribution is 5.90. The van der Waals surface area contributed by atoms with E-state index < -0.39 is 0 Å². The summed E-state index contributed by atoms with van der Waals surface area (Å²) in [6, 6.07) is 15.1. The van der Waals surface area contributed by atoms with E-state index in [9.17, 15) is 9.90 Å². The van der Waals surface area contributed by atoms with Crippen LogP contribution in [0.15, 0.2) is 48.5 Å². The minimum absolute atomic E-state index is 0.0815.